The van der Waals surface area contributed by atoms with Gasteiger partial charge in [0, 0.05) is 33.8 Å². The van der Waals surface area contributed by atoms with E-state index in [0.29, 0.717) is 30.0 Å². The highest BCUT2D eigenvalue weighted by Gasteiger charge is 2.52. The molecule has 1 saturated carbocycles. The van der Waals surface area contributed by atoms with Crippen LogP contribution in [0.4, 0.5) is 0 Å². The van der Waals surface area contributed by atoms with Gasteiger partial charge in [-0.2, -0.15) is 4.98 Å². The normalized spacial score (nSPS) is 31.0. The number of ketones is 1. The summed E-state index contributed by atoms with van der Waals surface area (Å²) in [5.41, 5.74) is -0.288. The maximum Gasteiger partial charge on any atom is 0.218 e. The minimum absolute atomic E-state index is 0.0162. The number of likely N-dealkylation sites (N-methyl/N-ethyl adjacent to an activating group) is 1. The first-order valence-corrected chi connectivity index (χ1v) is 13.6. The Bertz CT molecular complexity index is 1200. The zero-order valence-electron chi connectivity index (χ0n) is 18.8. The highest BCUT2D eigenvalue weighted by Crippen LogP contribution is 2.46. The van der Waals surface area contributed by atoms with E-state index < -0.39 is 15.1 Å². The molecule has 2 fully saturated rings. The molecular formula is C22H28ClN5O4S. The predicted molar refractivity (Wildman–Crippen MR) is 123 cm³/mol. The number of halogens is 1. The van der Waals surface area contributed by atoms with Gasteiger partial charge in [-0.1, -0.05) is 23.2 Å². The highest BCUT2D eigenvalue weighted by molar-refractivity contribution is 7.91. The van der Waals surface area contributed by atoms with Gasteiger partial charge in [0.05, 0.1) is 11.5 Å². The molecule has 4 atom stereocenters. The van der Waals surface area contributed by atoms with Crippen molar-refractivity contribution in [2.45, 2.75) is 68.8 Å². The van der Waals surface area contributed by atoms with Crippen molar-refractivity contribution in [3.05, 3.63) is 22.5 Å². The molecule has 2 aliphatic heterocycles. The van der Waals surface area contributed by atoms with E-state index >= 15 is 0 Å². The van der Waals surface area contributed by atoms with Gasteiger partial charge in [-0.25, -0.2) is 9.19 Å². The quantitative estimate of drug-likeness (QED) is 0.641. The van der Waals surface area contributed by atoms with E-state index in [1.165, 1.54) is 0 Å². The molecule has 11 heteroatoms. The largest absolute Gasteiger partial charge is 0.473 e. The van der Waals surface area contributed by atoms with E-state index in [4.69, 9.17) is 25.6 Å². The molecular weight excluding hydrogens is 466 g/mol. The SMILES string of the molecule is C[C@H](Oc1cc(Cl)nc(-c2noc3c2CS(=N)(=O)CC32CCCCC2=O)n1)[C@@H]1CCCN1C. The maximum absolute atomic E-state index is 13.1. The molecule has 1 N–H and O–H groups in total. The van der Waals surface area contributed by atoms with Crippen molar-refractivity contribution in [2.24, 2.45) is 0 Å². The van der Waals surface area contributed by atoms with E-state index in [1.807, 2.05) is 6.92 Å². The number of carbonyl (C=O) groups is 1. The number of nitrogens with zero attached hydrogens (tertiary/aromatic N) is 4. The summed E-state index contributed by atoms with van der Waals surface area (Å²) in [6.07, 6.45) is 4.59. The average Bonchev–Trinajstić information content (AvgIpc) is 3.35. The lowest BCUT2D eigenvalue weighted by atomic mass is 9.71. The van der Waals surface area contributed by atoms with Crippen LogP contribution >= 0.6 is 11.6 Å². The number of nitrogens with one attached hydrogen (secondary N) is 1. The number of ether oxygens (including phenoxy) is 1. The topological polar surface area (TPSA) is 122 Å². The summed E-state index contributed by atoms with van der Waals surface area (Å²) >= 11 is 6.30. The van der Waals surface area contributed by atoms with Gasteiger partial charge in [0.2, 0.25) is 5.88 Å². The second-order valence-corrected chi connectivity index (χ2v) is 12.1. The minimum atomic E-state index is -3.04. The fraction of sp³-hybridized carbons (Fsp3) is 0.636. The first-order valence-electron chi connectivity index (χ1n) is 11.4. The molecule has 1 aliphatic carbocycles. The number of carbonyl (C=O) groups excluding carboxylic acids is 1. The number of hydrogen-bond donors (Lipinski definition) is 1. The molecule has 4 heterocycles. The molecule has 0 aromatic carbocycles. The summed E-state index contributed by atoms with van der Waals surface area (Å²) in [4.78, 5) is 24.1. The monoisotopic (exact) mass is 493 g/mol. The number of fused-ring (bicyclic) bond motifs is 2. The molecule has 2 aromatic heterocycles. The predicted octanol–water partition coefficient (Wildman–Crippen LogP) is 3.59. The van der Waals surface area contributed by atoms with Crippen LogP contribution in [0.2, 0.25) is 5.15 Å². The Hall–Kier alpha value is -2.04. The van der Waals surface area contributed by atoms with Gasteiger partial charge in [-0.15, -0.1) is 0 Å². The lowest BCUT2D eigenvalue weighted by Crippen LogP contribution is -2.47. The minimum Gasteiger partial charge on any atom is -0.473 e. The van der Waals surface area contributed by atoms with Crippen molar-refractivity contribution in [3.8, 4) is 17.4 Å². The fourth-order valence-corrected chi connectivity index (χ4v) is 7.83. The van der Waals surface area contributed by atoms with Gasteiger partial charge in [-0.05, 0) is 46.2 Å². The molecule has 0 amide bonds. The van der Waals surface area contributed by atoms with E-state index in [9.17, 15) is 9.00 Å². The molecule has 5 rings (SSSR count). The van der Waals surface area contributed by atoms with E-state index in [1.54, 1.807) is 6.07 Å². The smallest absolute Gasteiger partial charge is 0.218 e. The summed E-state index contributed by atoms with van der Waals surface area (Å²) in [5.74, 6) is 0.831. The lowest BCUT2D eigenvalue weighted by molar-refractivity contribution is -0.126. The van der Waals surface area contributed by atoms with E-state index in [0.717, 1.165) is 32.2 Å². The zero-order chi connectivity index (χ0) is 23.4. The van der Waals surface area contributed by atoms with Crippen LogP contribution in [0.15, 0.2) is 10.6 Å². The van der Waals surface area contributed by atoms with E-state index in [2.05, 4.69) is 27.1 Å². The number of hydrogen-bond acceptors (Lipinski definition) is 9. The zero-order valence-corrected chi connectivity index (χ0v) is 20.4. The summed E-state index contributed by atoms with van der Waals surface area (Å²) in [5, 5.41) is 4.37. The van der Waals surface area contributed by atoms with Gasteiger partial charge >= 0.3 is 0 Å². The highest BCUT2D eigenvalue weighted by atomic mass is 35.5. The Labute approximate surface area is 198 Å². The lowest BCUT2D eigenvalue weighted by Gasteiger charge is -2.37. The number of Topliss-reactive ketones (excluding diaryl/α,β-unsaturated/α-hetero) is 1. The van der Waals surface area contributed by atoms with Crippen LogP contribution in [-0.2, 0) is 25.7 Å². The van der Waals surface area contributed by atoms with Crippen molar-refractivity contribution in [2.75, 3.05) is 19.3 Å². The summed E-state index contributed by atoms with van der Waals surface area (Å²) in [7, 11) is -0.958. The first-order chi connectivity index (χ1) is 15.7. The van der Waals surface area contributed by atoms with Crippen LogP contribution in [0, 0.1) is 4.78 Å². The average molecular weight is 494 g/mol. The van der Waals surface area contributed by atoms with Crippen LogP contribution in [0.5, 0.6) is 5.88 Å². The molecule has 0 bridgehead atoms. The van der Waals surface area contributed by atoms with Gasteiger partial charge in [0.25, 0.3) is 0 Å². The Morgan fingerprint density at radius 3 is 2.91 bits per heavy atom. The van der Waals surface area contributed by atoms with Crippen molar-refractivity contribution >= 4 is 27.1 Å². The van der Waals surface area contributed by atoms with Crippen LogP contribution in [0.1, 0.15) is 56.8 Å². The summed E-state index contributed by atoms with van der Waals surface area (Å²) in [6.45, 7) is 3.04. The maximum atomic E-state index is 13.1. The molecule has 1 spiro atoms. The van der Waals surface area contributed by atoms with Crippen LogP contribution in [-0.4, -0.2) is 61.5 Å². The molecule has 9 nitrogen and oxygen atoms in total. The van der Waals surface area contributed by atoms with Gasteiger partial charge in [0.15, 0.2) is 17.3 Å². The Kier molecular flexibility index (Phi) is 5.73. The number of aromatic nitrogens is 3. The Morgan fingerprint density at radius 1 is 1.36 bits per heavy atom. The molecule has 178 valence electrons. The van der Waals surface area contributed by atoms with Crippen molar-refractivity contribution in [3.63, 3.8) is 0 Å². The number of rotatable bonds is 4. The number of likely N-dealkylation sites (tertiary alicyclic amines) is 1. The third kappa shape index (κ3) is 4.06. The van der Waals surface area contributed by atoms with Crippen molar-refractivity contribution in [1.29, 1.82) is 4.78 Å². The first kappa shape index (κ1) is 22.7. The Morgan fingerprint density at radius 2 is 2.18 bits per heavy atom. The molecule has 2 aromatic rings. The van der Waals surface area contributed by atoms with Crippen LogP contribution < -0.4 is 4.74 Å². The third-order valence-corrected chi connectivity index (χ3v) is 9.09. The van der Waals surface area contributed by atoms with Crippen molar-refractivity contribution in [1.82, 2.24) is 20.0 Å². The van der Waals surface area contributed by atoms with Gasteiger partial charge < -0.3 is 9.26 Å². The standard InChI is InChI=1S/C22H28ClN5O4S/c1-13(15-6-5-9-28(15)2)31-18-10-17(23)25-21(26-18)19-14-11-33(24,30)12-22(20(14)32-27-19)8-4-3-7-16(22)29/h10,13,15,24H,3-9,11-12H2,1-2H3/t13-,15-,22?,33?/m0/s1. The van der Waals surface area contributed by atoms with Crippen LogP contribution in [0.3, 0.4) is 0 Å². The molecule has 33 heavy (non-hydrogen) atoms. The summed E-state index contributed by atoms with van der Waals surface area (Å²) < 4.78 is 33.3. The molecule has 3 aliphatic rings. The Balaban J connectivity index is 1.52. The molecule has 2 unspecified atom stereocenters. The second kappa shape index (κ2) is 8.32. The fourth-order valence-electron chi connectivity index (χ4n) is 5.59. The van der Waals surface area contributed by atoms with Gasteiger partial charge in [0.1, 0.15) is 22.5 Å². The molecule has 0 radical (unpaired) electrons. The summed E-state index contributed by atoms with van der Waals surface area (Å²) in [6, 6.07) is 1.84. The third-order valence-electron chi connectivity index (χ3n) is 7.18. The van der Waals surface area contributed by atoms with Crippen molar-refractivity contribution < 1.29 is 18.3 Å². The van der Waals surface area contributed by atoms with Gasteiger partial charge in [-0.3, -0.25) is 14.5 Å². The second-order valence-electron chi connectivity index (χ2n) is 9.52. The molecule has 1 saturated heterocycles. The van der Waals surface area contributed by atoms with Crippen LogP contribution in [0.25, 0.3) is 11.5 Å². The van der Waals surface area contributed by atoms with E-state index in [-0.39, 0.29) is 46.1 Å².